The molecule has 1 aromatic heterocycles. The Hall–Kier alpha value is -0.820. The van der Waals surface area contributed by atoms with E-state index in [2.05, 4.69) is 22.6 Å². The molecule has 17 heavy (non-hydrogen) atoms. The minimum Gasteiger partial charge on any atom is -0.408 e. The lowest BCUT2D eigenvalue weighted by molar-refractivity contribution is 0.141. The minimum absolute atomic E-state index is 0.293. The molecule has 92 valence electrons. The number of fused-ring (bicyclic) bond motifs is 1. The third-order valence-corrected chi connectivity index (χ3v) is 3.18. The number of rotatable bonds is 5. The number of aryl methyl sites for hydroxylation is 1. The lowest BCUT2D eigenvalue weighted by Crippen LogP contribution is -2.15. The Labute approximate surface area is 113 Å². The van der Waals surface area contributed by atoms with Gasteiger partial charge in [0, 0.05) is 23.3 Å². The van der Waals surface area contributed by atoms with Gasteiger partial charge in [-0.05, 0) is 54.1 Å². The molecule has 4 nitrogen and oxygen atoms in total. The van der Waals surface area contributed by atoms with Gasteiger partial charge in [0.15, 0.2) is 5.58 Å². The monoisotopic (exact) mass is 347 g/mol. The van der Waals surface area contributed by atoms with Gasteiger partial charge in [-0.15, -0.1) is 0 Å². The first-order chi connectivity index (χ1) is 8.22. The minimum atomic E-state index is -0.293. The average molecular weight is 347 g/mol. The van der Waals surface area contributed by atoms with Gasteiger partial charge in [-0.25, -0.2) is 4.79 Å². The van der Waals surface area contributed by atoms with E-state index in [0.29, 0.717) is 25.3 Å². The second-order valence-corrected chi connectivity index (χ2v) is 4.93. The summed E-state index contributed by atoms with van der Waals surface area (Å²) >= 11 is 2.20. The predicted molar refractivity (Wildman–Crippen MR) is 74.3 cm³/mol. The molecule has 5 heteroatoms. The zero-order valence-electron chi connectivity index (χ0n) is 9.61. The SMILES string of the molecule is CCOCCCn1c(=O)oc2cc(I)ccc21. The maximum absolute atomic E-state index is 11.7. The highest BCUT2D eigenvalue weighted by Gasteiger charge is 2.08. The molecule has 0 radical (unpaired) electrons. The van der Waals surface area contributed by atoms with E-state index < -0.39 is 0 Å². The first-order valence-electron chi connectivity index (χ1n) is 5.59. The summed E-state index contributed by atoms with van der Waals surface area (Å²) in [6.45, 7) is 3.97. The lowest BCUT2D eigenvalue weighted by atomic mass is 10.3. The second kappa shape index (κ2) is 5.68. The quantitative estimate of drug-likeness (QED) is 0.617. The van der Waals surface area contributed by atoms with Crippen LogP contribution in [0, 0.1) is 3.57 Å². The summed E-state index contributed by atoms with van der Waals surface area (Å²) in [5.41, 5.74) is 1.50. The number of nitrogens with zero attached hydrogens (tertiary/aromatic N) is 1. The molecular weight excluding hydrogens is 333 g/mol. The van der Waals surface area contributed by atoms with Crippen LogP contribution in [0.5, 0.6) is 0 Å². The fourth-order valence-electron chi connectivity index (χ4n) is 1.72. The lowest BCUT2D eigenvalue weighted by Gasteiger charge is -2.02. The van der Waals surface area contributed by atoms with Crippen molar-refractivity contribution in [2.24, 2.45) is 0 Å². The predicted octanol–water partition coefficient (Wildman–Crippen LogP) is 2.63. The normalized spacial score (nSPS) is 11.2. The average Bonchev–Trinajstić information content (AvgIpc) is 2.60. The van der Waals surface area contributed by atoms with Crippen LogP contribution in [-0.4, -0.2) is 17.8 Å². The first kappa shape index (κ1) is 12.6. The van der Waals surface area contributed by atoms with Gasteiger partial charge in [0.25, 0.3) is 0 Å². The second-order valence-electron chi connectivity index (χ2n) is 3.68. The molecule has 0 atom stereocenters. The van der Waals surface area contributed by atoms with Gasteiger partial charge in [0.1, 0.15) is 0 Å². The molecule has 1 heterocycles. The maximum Gasteiger partial charge on any atom is 0.419 e. The summed E-state index contributed by atoms with van der Waals surface area (Å²) in [6.07, 6.45) is 0.814. The molecule has 1 aromatic carbocycles. The molecule has 0 aliphatic carbocycles. The molecule has 0 spiro atoms. The summed E-state index contributed by atoms with van der Waals surface area (Å²) < 4.78 is 13.2. The molecule has 0 saturated carbocycles. The van der Waals surface area contributed by atoms with Gasteiger partial charge < -0.3 is 9.15 Å². The van der Waals surface area contributed by atoms with Gasteiger partial charge in [-0.3, -0.25) is 4.57 Å². The standard InChI is InChI=1S/C12H14INO3/c1-2-16-7-3-6-14-10-5-4-9(13)8-11(10)17-12(14)15/h4-5,8H,2-3,6-7H2,1H3. The van der Waals surface area contributed by atoms with Gasteiger partial charge in [-0.2, -0.15) is 0 Å². The molecule has 0 saturated heterocycles. The highest BCUT2D eigenvalue weighted by atomic mass is 127. The van der Waals surface area contributed by atoms with Crippen molar-refractivity contribution >= 4 is 33.7 Å². The molecule has 0 amide bonds. The van der Waals surface area contributed by atoms with Crippen molar-refractivity contribution in [1.29, 1.82) is 0 Å². The number of benzene rings is 1. The molecule has 0 fully saturated rings. The molecule has 2 aromatic rings. The van der Waals surface area contributed by atoms with E-state index in [-0.39, 0.29) is 5.76 Å². The van der Waals surface area contributed by atoms with Crippen LogP contribution in [0.2, 0.25) is 0 Å². The molecular formula is C12H14INO3. The van der Waals surface area contributed by atoms with Gasteiger partial charge in [0.05, 0.1) is 5.52 Å². The van der Waals surface area contributed by atoms with Crippen molar-refractivity contribution in [3.63, 3.8) is 0 Å². The van der Waals surface area contributed by atoms with Crippen molar-refractivity contribution < 1.29 is 9.15 Å². The summed E-state index contributed by atoms with van der Waals surface area (Å²) in [6, 6.07) is 5.76. The number of oxazole rings is 1. The largest absolute Gasteiger partial charge is 0.419 e. The fraction of sp³-hybridized carbons (Fsp3) is 0.417. The maximum atomic E-state index is 11.7. The molecule has 0 aliphatic heterocycles. The van der Waals surface area contributed by atoms with Crippen LogP contribution in [-0.2, 0) is 11.3 Å². The first-order valence-corrected chi connectivity index (χ1v) is 6.67. The van der Waals surface area contributed by atoms with Crippen LogP contribution >= 0.6 is 22.6 Å². The highest BCUT2D eigenvalue weighted by molar-refractivity contribution is 14.1. The Morgan fingerprint density at radius 2 is 2.29 bits per heavy atom. The van der Waals surface area contributed by atoms with E-state index in [0.717, 1.165) is 15.5 Å². The number of hydrogen-bond donors (Lipinski definition) is 0. The molecule has 2 rings (SSSR count). The third kappa shape index (κ3) is 2.90. The van der Waals surface area contributed by atoms with Gasteiger partial charge in [0.2, 0.25) is 0 Å². The van der Waals surface area contributed by atoms with E-state index in [4.69, 9.17) is 9.15 Å². The fourth-order valence-corrected chi connectivity index (χ4v) is 2.18. The topological polar surface area (TPSA) is 44.4 Å². The van der Waals surface area contributed by atoms with Gasteiger partial charge >= 0.3 is 5.76 Å². The number of ether oxygens (including phenoxy) is 1. The zero-order chi connectivity index (χ0) is 12.3. The van der Waals surface area contributed by atoms with Crippen LogP contribution in [0.1, 0.15) is 13.3 Å². The smallest absolute Gasteiger partial charge is 0.408 e. The van der Waals surface area contributed by atoms with Crippen LogP contribution in [0.15, 0.2) is 27.4 Å². The van der Waals surface area contributed by atoms with E-state index in [9.17, 15) is 4.79 Å². The number of halogens is 1. The van der Waals surface area contributed by atoms with Crippen molar-refractivity contribution in [1.82, 2.24) is 4.57 Å². The number of aromatic nitrogens is 1. The van der Waals surface area contributed by atoms with E-state index in [1.54, 1.807) is 4.57 Å². The molecule has 0 unspecified atom stereocenters. The van der Waals surface area contributed by atoms with Crippen LogP contribution in [0.4, 0.5) is 0 Å². The Morgan fingerprint density at radius 3 is 3.06 bits per heavy atom. The molecule has 0 bridgehead atoms. The van der Waals surface area contributed by atoms with Crippen LogP contribution in [0.3, 0.4) is 0 Å². The summed E-state index contributed by atoms with van der Waals surface area (Å²) in [7, 11) is 0. The van der Waals surface area contributed by atoms with Crippen molar-refractivity contribution in [3.8, 4) is 0 Å². The van der Waals surface area contributed by atoms with Crippen molar-refractivity contribution in [3.05, 3.63) is 32.3 Å². The van der Waals surface area contributed by atoms with Gasteiger partial charge in [-0.1, -0.05) is 0 Å². The Kier molecular flexibility index (Phi) is 4.22. The van der Waals surface area contributed by atoms with Crippen molar-refractivity contribution in [2.75, 3.05) is 13.2 Å². The van der Waals surface area contributed by atoms with Crippen LogP contribution < -0.4 is 5.76 Å². The Morgan fingerprint density at radius 1 is 1.47 bits per heavy atom. The van der Waals surface area contributed by atoms with E-state index >= 15 is 0 Å². The highest BCUT2D eigenvalue weighted by Crippen LogP contribution is 2.16. The Bertz CT molecular complexity index is 558. The Balaban J connectivity index is 2.21. The van der Waals surface area contributed by atoms with Crippen LogP contribution in [0.25, 0.3) is 11.1 Å². The number of hydrogen-bond acceptors (Lipinski definition) is 3. The zero-order valence-corrected chi connectivity index (χ0v) is 11.8. The molecule has 0 aliphatic rings. The third-order valence-electron chi connectivity index (χ3n) is 2.50. The van der Waals surface area contributed by atoms with E-state index in [1.807, 2.05) is 25.1 Å². The van der Waals surface area contributed by atoms with Crippen molar-refractivity contribution in [2.45, 2.75) is 19.9 Å². The van der Waals surface area contributed by atoms with E-state index in [1.165, 1.54) is 0 Å². The summed E-state index contributed by atoms with van der Waals surface area (Å²) in [4.78, 5) is 11.7. The molecule has 0 N–H and O–H groups in total. The summed E-state index contributed by atoms with van der Waals surface area (Å²) in [5.74, 6) is -0.293. The summed E-state index contributed by atoms with van der Waals surface area (Å²) in [5, 5.41) is 0.